The molecule has 0 aromatic carbocycles. The fourth-order valence-electron chi connectivity index (χ4n) is 2.38. The maximum Gasteiger partial charge on any atom is 0.356 e. The highest BCUT2D eigenvalue weighted by molar-refractivity contribution is 5.98. The van der Waals surface area contributed by atoms with Crippen molar-refractivity contribution in [2.24, 2.45) is 0 Å². The van der Waals surface area contributed by atoms with E-state index in [4.69, 9.17) is 9.84 Å². The van der Waals surface area contributed by atoms with Crippen LogP contribution in [-0.4, -0.2) is 41.3 Å². The van der Waals surface area contributed by atoms with Crippen LogP contribution in [-0.2, 0) is 4.74 Å². The Morgan fingerprint density at radius 2 is 2.25 bits per heavy atom. The average Bonchev–Trinajstić information content (AvgIpc) is 2.86. The van der Waals surface area contributed by atoms with Crippen LogP contribution in [0.5, 0.6) is 0 Å². The largest absolute Gasteiger partial charge is 0.476 e. The molecule has 1 aromatic heterocycles. The first-order valence-corrected chi connectivity index (χ1v) is 6.40. The highest BCUT2D eigenvalue weighted by Gasteiger charge is 2.28. The van der Waals surface area contributed by atoms with Gasteiger partial charge in [0.1, 0.15) is 0 Å². The Morgan fingerprint density at radius 1 is 1.45 bits per heavy atom. The molecular formula is C13H17N3O4. The minimum Gasteiger partial charge on any atom is -0.476 e. The van der Waals surface area contributed by atoms with Crippen molar-refractivity contribution in [1.29, 1.82) is 0 Å². The van der Waals surface area contributed by atoms with E-state index in [9.17, 15) is 9.59 Å². The van der Waals surface area contributed by atoms with Crippen molar-refractivity contribution >= 4 is 17.7 Å². The Bertz CT molecular complexity index is 506. The molecule has 3 N–H and O–H groups in total. The Morgan fingerprint density at radius 3 is 2.95 bits per heavy atom. The molecule has 7 heteroatoms. The van der Waals surface area contributed by atoms with Gasteiger partial charge in [-0.2, -0.15) is 0 Å². The lowest BCUT2D eigenvalue weighted by atomic mass is 10.2. The van der Waals surface area contributed by atoms with Crippen molar-refractivity contribution in [2.45, 2.75) is 31.4 Å². The normalized spacial score (nSPS) is 21.4. The molecular weight excluding hydrogens is 262 g/mol. The second-order valence-electron chi connectivity index (χ2n) is 4.61. The molecule has 7 nitrogen and oxygen atoms in total. The van der Waals surface area contributed by atoms with Gasteiger partial charge in [0.25, 0.3) is 0 Å². The summed E-state index contributed by atoms with van der Waals surface area (Å²) in [5, 5.41) is 14.3. The number of methoxy groups -OCH3 is 1. The monoisotopic (exact) mass is 279 g/mol. The van der Waals surface area contributed by atoms with Crippen molar-refractivity contribution in [2.75, 3.05) is 12.4 Å². The molecule has 20 heavy (non-hydrogen) atoms. The minimum atomic E-state index is -1.18. The van der Waals surface area contributed by atoms with Crippen LogP contribution in [0, 0.1) is 0 Å². The van der Waals surface area contributed by atoms with E-state index in [1.807, 2.05) is 0 Å². The summed E-state index contributed by atoms with van der Waals surface area (Å²) < 4.78 is 5.29. The van der Waals surface area contributed by atoms with E-state index in [1.54, 1.807) is 13.2 Å². The number of hydrogen-bond donors (Lipinski definition) is 3. The first kappa shape index (κ1) is 14.3. The third-order valence-electron chi connectivity index (χ3n) is 3.33. The zero-order valence-electron chi connectivity index (χ0n) is 11.1. The lowest BCUT2D eigenvalue weighted by molar-refractivity contribution is 0.0691. The van der Waals surface area contributed by atoms with E-state index in [0.29, 0.717) is 0 Å². The summed E-state index contributed by atoms with van der Waals surface area (Å²) >= 11 is 0. The van der Waals surface area contributed by atoms with Crippen LogP contribution in [0.4, 0.5) is 10.5 Å². The molecule has 2 atom stereocenters. The van der Waals surface area contributed by atoms with Crippen molar-refractivity contribution in [1.82, 2.24) is 10.3 Å². The predicted octanol–water partition coefficient (Wildman–Crippen LogP) is 1.47. The van der Waals surface area contributed by atoms with E-state index in [2.05, 4.69) is 15.6 Å². The molecule has 2 rings (SSSR count). The number of anilines is 1. The van der Waals surface area contributed by atoms with Crippen LogP contribution in [0.3, 0.4) is 0 Å². The number of nitrogens with zero attached hydrogens (tertiary/aromatic N) is 1. The van der Waals surface area contributed by atoms with Crippen LogP contribution in [0.15, 0.2) is 18.3 Å². The maximum absolute atomic E-state index is 11.9. The van der Waals surface area contributed by atoms with Gasteiger partial charge >= 0.3 is 12.0 Å². The second kappa shape index (κ2) is 6.33. The molecule has 2 unspecified atom stereocenters. The molecule has 1 saturated carbocycles. The summed E-state index contributed by atoms with van der Waals surface area (Å²) in [5.74, 6) is -1.18. The number of carbonyl (C=O) groups is 2. The van der Waals surface area contributed by atoms with Crippen molar-refractivity contribution < 1.29 is 19.4 Å². The molecule has 0 saturated heterocycles. The number of carboxylic acids is 1. The number of hydrogen-bond acceptors (Lipinski definition) is 4. The number of aromatic nitrogens is 1. The summed E-state index contributed by atoms with van der Waals surface area (Å²) in [4.78, 5) is 26.6. The number of rotatable bonds is 4. The topological polar surface area (TPSA) is 101 Å². The van der Waals surface area contributed by atoms with Crippen LogP contribution in [0.1, 0.15) is 29.8 Å². The van der Waals surface area contributed by atoms with Gasteiger partial charge in [0.15, 0.2) is 5.69 Å². The van der Waals surface area contributed by atoms with Crippen LogP contribution in [0.2, 0.25) is 0 Å². The molecule has 1 aliphatic rings. The van der Waals surface area contributed by atoms with Gasteiger partial charge in [0.05, 0.1) is 17.8 Å². The number of ether oxygens (including phenoxy) is 1. The maximum atomic E-state index is 11.9. The zero-order chi connectivity index (χ0) is 14.5. The zero-order valence-corrected chi connectivity index (χ0v) is 11.1. The molecule has 0 radical (unpaired) electrons. The molecule has 1 aromatic rings. The van der Waals surface area contributed by atoms with Crippen LogP contribution < -0.4 is 10.6 Å². The first-order valence-electron chi connectivity index (χ1n) is 6.40. The third kappa shape index (κ3) is 3.24. The fraction of sp³-hybridized carbons (Fsp3) is 0.462. The van der Waals surface area contributed by atoms with Gasteiger partial charge in [0.2, 0.25) is 0 Å². The Kier molecular flexibility index (Phi) is 4.52. The molecule has 1 aliphatic carbocycles. The molecule has 2 amide bonds. The number of urea groups is 1. The Balaban J connectivity index is 2.00. The Hall–Kier alpha value is -2.15. The minimum absolute atomic E-state index is 0.00796. The second-order valence-corrected chi connectivity index (χ2v) is 4.61. The van der Waals surface area contributed by atoms with Gasteiger partial charge in [0, 0.05) is 13.3 Å². The fourth-order valence-corrected chi connectivity index (χ4v) is 2.38. The summed E-state index contributed by atoms with van der Waals surface area (Å²) in [6, 6.07) is 2.56. The third-order valence-corrected chi connectivity index (χ3v) is 3.33. The van der Waals surface area contributed by atoms with Gasteiger partial charge in [-0.15, -0.1) is 0 Å². The average molecular weight is 279 g/mol. The van der Waals surface area contributed by atoms with Crippen molar-refractivity contribution in [3.8, 4) is 0 Å². The lowest BCUT2D eigenvalue weighted by Crippen LogP contribution is -2.43. The first-order chi connectivity index (χ1) is 9.61. The summed E-state index contributed by atoms with van der Waals surface area (Å²) in [6.45, 7) is 0. The molecule has 1 heterocycles. The van der Waals surface area contributed by atoms with Crippen LogP contribution in [0.25, 0.3) is 0 Å². The number of carboxylic acid groups (broad SMARTS) is 1. The van der Waals surface area contributed by atoms with E-state index in [-0.39, 0.29) is 23.5 Å². The van der Waals surface area contributed by atoms with Gasteiger partial charge in [-0.25, -0.2) is 14.6 Å². The number of aromatic carboxylic acids is 1. The number of nitrogens with one attached hydrogen (secondary N) is 2. The number of amides is 2. The van der Waals surface area contributed by atoms with Gasteiger partial charge < -0.3 is 20.5 Å². The van der Waals surface area contributed by atoms with Gasteiger partial charge in [-0.3, -0.25) is 0 Å². The van der Waals surface area contributed by atoms with E-state index >= 15 is 0 Å². The predicted molar refractivity (Wildman–Crippen MR) is 71.8 cm³/mol. The summed E-state index contributed by atoms with van der Waals surface area (Å²) in [7, 11) is 1.62. The van der Waals surface area contributed by atoms with E-state index < -0.39 is 12.0 Å². The van der Waals surface area contributed by atoms with Gasteiger partial charge in [-0.1, -0.05) is 0 Å². The molecule has 108 valence electrons. The highest BCUT2D eigenvalue weighted by Crippen LogP contribution is 2.21. The molecule has 0 aliphatic heterocycles. The van der Waals surface area contributed by atoms with Crippen molar-refractivity contribution in [3.63, 3.8) is 0 Å². The lowest BCUT2D eigenvalue weighted by Gasteiger charge is -2.20. The van der Waals surface area contributed by atoms with E-state index in [0.717, 1.165) is 19.3 Å². The molecule has 0 bridgehead atoms. The molecule has 1 fully saturated rings. The SMILES string of the molecule is COC1CCCC1NC(=O)Nc1cccnc1C(=O)O. The van der Waals surface area contributed by atoms with Crippen LogP contribution >= 0.6 is 0 Å². The summed E-state index contributed by atoms with van der Waals surface area (Å²) in [6.07, 6.45) is 4.13. The quantitative estimate of drug-likeness (QED) is 0.774. The highest BCUT2D eigenvalue weighted by atomic mass is 16.5. The Labute approximate surface area is 116 Å². The number of pyridine rings is 1. The smallest absolute Gasteiger partial charge is 0.356 e. The van der Waals surface area contributed by atoms with Gasteiger partial charge in [-0.05, 0) is 31.4 Å². The standard InChI is InChI=1S/C13H17N3O4/c1-20-10-6-2-4-8(10)15-13(19)16-9-5-3-7-14-11(9)12(17)18/h3,5,7-8,10H,2,4,6H2,1H3,(H,17,18)(H2,15,16,19). The van der Waals surface area contributed by atoms with Crippen molar-refractivity contribution in [3.05, 3.63) is 24.0 Å². The van der Waals surface area contributed by atoms with E-state index in [1.165, 1.54) is 12.3 Å². The number of carbonyl (C=O) groups excluding carboxylic acids is 1. The summed E-state index contributed by atoms with van der Waals surface area (Å²) in [5.41, 5.74) is -0.0122. The molecule has 0 spiro atoms.